The molecule has 1 fully saturated rings. The molecule has 4 N–H and O–H groups in total. The van der Waals surface area contributed by atoms with E-state index in [1.807, 2.05) is 0 Å². The molecule has 0 spiro atoms. The van der Waals surface area contributed by atoms with Crippen molar-refractivity contribution < 1.29 is 51.0 Å². The molecule has 2 heterocycles. The zero-order valence-electron chi connectivity index (χ0n) is 29.5. The molecule has 1 aliphatic heterocycles. The first kappa shape index (κ1) is 40.6. The number of nitrogens with zero attached hydrogens (tertiary/aromatic N) is 3. The van der Waals surface area contributed by atoms with Gasteiger partial charge in [-0.2, -0.15) is 15.2 Å². The normalized spacial score (nSPS) is 20.7. The van der Waals surface area contributed by atoms with E-state index in [0.29, 0.717) is 0 Å². The summed E-state index contributed by atoms with van der Waals surface area (Å²) < 4.78 is 69.8. The Bertz CT molecular complexity index is 1800. The minimum Gasteiger partial charge on any atom is -0.468 e. The van der Waals surface area contributed by atoms with Crippen LogP contribution in [-0.4, -0.2) is 71.6 Å². The smallest absolute Gasteiger partial charge is 0.459 e. The lowest BCUT2D eigenvalue weighted by Gasteiger charge is -2.30. The second-order valence-electron chi connectivity index (χ2n) is 12.3. The molecule has 0 bridgehead atoms. The van der Waals surface area contributed by atoms with Gasteiger partial charge in [0.15, 0.2) is 0 Å². The van der Waals surface area contributed by atoms with Crippen molar-refractivity contribution in [3.05, 3.63) is 77.5 Å². The van der Waals surface area contributed by atoms with Gasteiger partial charge in [-0.05, 0) is 36.1 Å². The summed E-state index contributed by atoms with van der Waals surface area (Å²) in [6.45, 7) is 6.26. The van der Waals surface area contributed by atoms with Crippen molar-refractivity contribution in [2.75, 3.05) is 26.6 Å². The van der Waals surface area contributed by atoms with Gasteiger partial charge in [0.25, 0.3) is 0 Å². The summed E-state index contributed by atoms with van der Waals surface area (Å²) in [7, 11) is -6.58. The molecular formula is C32H44N6O12P2. The molecule has 1 saturated heterocycles. The van der Waals surface area contributed by atoms with Crippen LogP contribution in [0.5, 0.6) is 11.5 Å². The summed E-state index contributed by atoms with van der Waals surface area (Å²) in [5, 5.41) is 5.37. The van der Waals surface area contributed by atoms with Crippen LogP contribution in [-0.2, 0) is 42.0 Å². The van der Waals surface area contributed by atoms with Crippen LogP contribution in [0.4, 0.5) is 5.95 Å². The van der Waals surface area contributed by atoms with Gasteiger partial charge in [-0.3, -0.25) is 23.2 Å². The maximum absolute atomic E-state index is 14.6. The van der Waals surface area contributed by atoms with Gasteiger partial charge in [0.05, 0.1) is 20.8 Å². The highest BCUT2D eigenvalue weighted by Gasteiger charge is 2.47. The molecule has 284 valence electrons. The lowest BCUT2D eigenvalue weighted by molar-refractivity contribution is -0.144. The fourth-order valence-electron chi connectivity index (χ4n) is 4.99. The summed E-state index contributed by atoms with van der Waals surface area (Å²) in [5.41, 5.74) is 4.79. The van der Waals surface area contributed by atoms with E-state index in [9.17, 15) is 23.5 Å². The van der Waals surface area contributed by atoms with Crippen LogP contribution >= 0.6 is 15.5 Å². The zero-order chi connectivity index (χ0) is 38.1. The van der Waals surface area contributed by atoms with Crippen LogP contribution in [0.15, 0.2) is 71.8 Å². The summed E-state index contributed by atoms with van der Waals surface area (Å²) >= 11 is 0. The quantitative estimate of drug-likeness (QED) is 0.123. The molecule has 3 aromatic rings. The standard InChI is InChI=1S/C32H44N6O12P2/c1-20(2)27(29(39)44-5)36-51(42,48-22-13-9-7-10-14-22)46-18-25-24(17-26(47-25)38-19-34-31(33)35-32(38)41)50-52(43,49-23-15-11-8-12-16-23)37-28(21(3)4)30(40)45-6/h7-16,19-21,24-28H,17-18H2,1-6H3,(H,36,42)(H,37,43)(H2,33,35,41)/t24?,25?,26?,27-,28-,51?,52?/m0/s1. The third-order valence-electron chi connectivity index (χ3n) is 7.69. The van der Waals surface area contributed by atoms with E-state index >= 15 is 0 Å². The number of para-hydroxylation sites is 2. The number of rotatable bonds is 18. The van der Waals surface area contributed by atoms with Gasteiger partial charge in [0, 0.05) is 6.42 Å². The summed E-state index contributed by atoms with van der Waals surface area (Å²) in [4.78, 5) is 45.7. The van der Waals surface area contributed by atoms with E-state index in [4.69, 9.17) is 38.0 Å². The molecule has 0 aliphatic carbocycles. The molecule has 1 aliphatic rings. The fraction of sp³-hybridized carbons (Fsp3) is 0.469. The van der Waals surface area contributed by atoms with Gasteiger partial charge < -0.3 is 29.0 Å². The number of hydrogen-bond acceptors (Lipinski definition) is 15. The Hall–Kier alpha value is -4.15. The Labute approximate surface area is 300 Å². The third-order valence-corrected chi connectivity index (χ3v) is 10.8. The first-order chi connectivity index (χ1) is 24.7. The highest BCUT2D eigenvalue weighted by atomic mass is 31.2. The molecule has 18 nitrogen and oxygen atoms in total. The number of ether oxygens (including phenoxy) is 3. The molecule has 0 saturated carbocycles. The van der Waals surface area contributed by atoms with Gasteiger partial charge in [0.1, 0.15) is 48.3 Å². The lowest BCUT2D eigenvalue weighted by Crippen LogP contribution is -2.43. The lowest BCUT2D eigenvalue weighted by atomic mass is 10.1. The maximum atomic E-state index is 14.6. The number of nitrogen functional groups attached to an aromatic ring is 1. The number of anilines is 1. The largest absolute Gasteiger partial charge is 0.468 e. The molecule has 5 unspecified atom stereocenters. The van der Waals surface area contributed by atoms with Gasteiger partial charge in [-0.25, -0.2) is 18.9 Å². The van der Waals surface area contributed by atoms with Crippen LogP contribution in [0.2, 0.25) is 0 Å². The zero-order valence-corrected chi connectivity index (χ0v) is 31.3. The SMILES string of the molecule is COC(=O)[C@@H](NP(=O)(OCC1OC(n2cnc(N)nc2=O)CC1OP(=O)(N[C@H](C(=O)OC)C(C)C)Oc1ccccc1)Oc1ccccc1)C(C)C. The van der Waals surface area contributed by atoms with Crippen molar-refractivity contribution in [3.8, 4) is 11.5 Å². The van der Waals surface area contributed by atoms with Crippen molar-refractivity contribution in [3.63, 3.8) is 0 Å². The minimum atomic E-state index is -4.52. The first-order valence-corrected chi connectivity index (χ1v) is 19.3. The Morgan fingerprint density at radius 2 is 1.38 bits per heavy atom. The topological polar surface area (TPSA) is 231 Å². The number of carbonyl (C=O) groups excluding carboxylic acids is 2. The highest BCUT2D eigenvalue weighted by molar-refractivity contribution is 7.52. The first-order valence-electron chi connectivity index (χ1n) is 16.3. The van der Waals surface area contributed by atoms with Crippen LogP contribution in [0, 0.1) is 11.8 Å². The number of carbonyl (C=O) groups is 2. The summed E-state index contributed by atoms with van der Waals surface area (Å²) in [6.07, 6.45) is -2.63. The molecule has 0 radical (unpaired) electrons. The second-order valence-corrected chi connectivity index (χ2v) is 15.6. The fourth-order valence-corrected chi connectivity index (χ4v) is 8.53. The molecule has 1 aromatic heterocycles. The summed E-state index contributed by atoms with van der Waals surface area (Å²) in [5.74, 6) is -2.26. The van der Waals surface area contributed by atoms with E-state index in [1.54, 1.807) is 64.1 Å². The van der Waals surface area contributed by atoms with Crippen molar-refractivity contribution in [2.24, 2.45) is 11.8 Å². The number of nitrogens with one attached hydrogen (secondary N) is 2. The summed E-state index contributed by atoms with van der Waals surface area (Å²) in [6, 6.07) is 13.9. The Morgan fingerprint density at radius 1 is 0.885 bits per heavy atom. The van der Waals surface area contributed by atoms with Crippen LogP contribution in [0.25, 0.3) is 0 Å². The van der Waals surface area contributed by atoms with Crippen molar-refractivity contribution in [2.45, 2.75) is 64.6 Å². The predicted molar refractivity (Wildman–Crippen MR) is 187 cm³/mol. The molecular weight excluding hydrogens is 722 g/mol. The van der Waals surface area contributed by atoms with Crippen LogP contribution in [0.1, 0.15) is 40.3 Å². The molecule has 0 amide bonds. The Morgan fingerprint density at radius 3 is 1.87 bits per heavy atom. The van der Waals surface area contributed by atoms with Crippen molar-refractivity contribution >= 4 is 33.4 Å². The van der Waals surface area contributed by atoms with Gasteiger partial charge >= 0.3 is 33.1 Å². The Balaban J connectivity index is 1.71. The third kappa shape index (κ3) is 10.9. The average molecular weight is 767 g/mol. The number of esters is 2. The molecule has 20 heteroatoms. The van der Waals surface area contributed by atoms with E-state index in [0.717, 1.165) is 10.9 Å². The molecule has 4 rings (SSSR count). The number of hydrogen-bond donors (Lipinski definition) is 3. The average Bonchev–Trinajstić information content (AvgIpc) is 3.50. The number of benzene rings is 2. The van der Waals surface area contributed by atoms with Gasteiger partial charge in [-0.1, -0.05) is 64.1 Å². The Kier molecular flexibility index (Phi) is 14.1. The molecule has 52 heavy (non-hydrogen) atoms. The van der Waals surface area contributed by atoms with E-state index < -0.39 is 82.1 Å². The number of nitrogens with two attached hydrogens (primary N) is 1. The molecule has 7 atom stereocenters. The molecule has 2 aromatic carbocycles. The van der Waals surface area contributed by atoms with Crippen LogP contribution in [0.3, 0.4) is 0 Å². The van der Waals surface area contributed by atoms with Crippen LogP contribution < -0.4 is 30.6 Å². The number of aromatic nitrogens is 3. The van der Waals surface area contributed by atoms with E-state index in [2.05, 4.69) is 20.1 Å². The van der Waals surface area contributed by atoms with E-state index in [-0.39, 0.29) is 23.9 Å². The van der Waals surface area contributed by atoms with Crippen molar-refractivity contribution in [1.29, 1.82) is 0 Å². The second kappa shape index (κ2) is 18.1. The van der Waals surface area contributed by atoms with Gasteiger partial charge in [0.2, 0.25) is 5.95 Å². The van der Waals surface area contributed by atoms with Crippen molar-refractivity contribution in [1.82, 2.24) is 24.7 Å². The maximum Gasteiger partial charge on any atom is 0.459 e. The predicted octanol–water partition coefficient (Wildman–Crippen LogP) is 3.86. The minimum absolute atomic E-state index is 0.143. The highest BCUT2D eigenvalue weighted by Crippen LogP contribution is 2.51. The number of methoxy groups -OCH3 is 2. The van der Waals surface area contributed by atoms with Gasteiger partial charge in [-0.15, -0.1) is 0 Å². The van der Waals surface area contributed by atoms with E-state index in [1.165, 1.54) is 38.5 Å². The monoisotopic (exact) mass is 766 g/mol.